The number of hydrogen-bond donors (Lipinski definition) is 2. The third kappa shape index (κ3) is 9.30. The summed E-state index contributed by atoms with van der Waals surface area (Å²) in [6.45, 7) is 1.59. The molecule has 1 unspecified atom stereocenters. The fourth-order valence-electron chi connectivity index (χ4n) is 2.31. The molecule has 0 bridgehead atoms. The van der Waals surface area contributed by atoms with Crippen molar-refractivity contribution in [1.82, 2.24) is 20.5 Å². The van der Waals surface area contributed by atoms with Crippen molar-refractivity contribution < 1.29 is 9.59 Å². The predicted octanol–water partition coefficient (Wildman–Crippen LogP) is 1.14. The second kappa shape index (κ2) is 13.2. The van der Waals surface area contributed by atoms with E-state index in [1.54, 1.807) is 18.1 Å². The number of nitrogens with zero attached hydrogens (tertiary/aromatic N) is 2. The Morgan fingerprint density at radius 2 is 2.20 bits per heavy atom. The summed E-state index contributed by atoms with van der Waals surface area (Å²) in [5, 5.41) is 6.03. The number of halogens is 2. The van der Waals surface area contributed by atoms with Crippen LogP contribution in [-0.2, 0) is 16.0 Å². The fourth-order valence-corrected chi connectivity index (χ4v) is 3.26. The van der Waals surface area contributed by atoms with Crippen LogP contribution in [0.3, 0.4) is 0 Å². The van der Waals surface area contributed by atoms with Crippen LogP contribution in [0, 0.1) is 0 Å². The van der Waals surface area contributed by atoms with E-state index in [9.17, 15) is 9.59 Å². The van der Waals surface area contributed by atoms with Crippen LogP contribution in [0.5, 0.6) is 0 Å². The Morgan fingerprint density at radius 1 is 1.40 bits per heavy atom. The average Bonchev–Trinajstić information content (AvgIpc) is 2.59. The Labute approximate surface area is 165 Å². The standard InChI is InChI=1S/C16H24N4O2S.2ClH/c1-20(8-5-13-4-2-3-6-17-13)16(22)11-19-15(21)10-14-12-23-9-7-18-14;;/h2-4,6,14,18H,5,7-12H2,1H3,(H,19,21);2*1H. The van der Waals surface area contributed by atoms with Gasteiger partial charge in [0.15, 0.2) is 0 Å². The molecule has 0 aromatic carbocycles. The van der Waals surface area contributed by atoms with Crippen LogP contribution in [0.2, 0.25) is 0 Å². The first-order valence-corrected chi connectivity index (χ1v) is 9.02. The van der Waals surface area contributed by atoms with E-state index >= 15 is 0 Å². The normalized spacial score (nSPS) is 16.1. The molecule has 2 rings (SSSR count). The molecular weight excluding hydrogens is 383 g/mol. The second-order valence-electron chi connectivity index (χ2n) is 5.59. The number of nitrogens with one attached hydrogen (secondary N) is 2. The van der Waals surface area contributed by atoms with Crippen LogP contribution in [0.1, 0.15) is 12.1 Å². The van der Waals surface area contributed by atoms with Gasteiger partial charge in [-0.1, -0.05) is 6.07 Å². The molecule has 25 heavy (non-hydrogen) atoms. The van der Waals surface area contributed by atoms with E-state index in [1.165, 1.54) is 0 Å². The summed E-state index contributed by atoms with van der Waals surface area (Å²) in [6.07, 6.45) is 2.88. The molecule has 1 saturated heterocycles. The van der Waals surface area contributed by atoms with Crippen molar-refractivity contribution in [2.75, 3.05) is 38.2 Å². The third-order valence-corrected chi connectivity index (χ3v) is 4.85. The summed E-state index contributed by atoms with van der Waals surface area (Å²) in [4.78, 5) is 29.8. The van der Waals surface area contributed by atoms with E-state index in [0.29, 0.717) is 19.4 Å². The van der Waals surface area contributed by atoms with Gasteiger partial charge in [0.2, 0.25) is 11.8 Å². The van der Waals surface area contributed by atoms with E-state index in [2.05, 4.69) is 15.6 Å². The zero-order chi connectivity index (χ0) is 16.5. The Bertz CT molecular complexity index is 516. The zero-order valence-corrected chi connectivity index (χ0v) is 16.7. The Kier molecular flexibility index (Phi) is 12.7. The van der Waals surface area contributed by atoms with Crippen LogP contribution >= 0.6 is 36.6 Å². The molecule has 1 aromatic heterocycles. The molecule has 9 heteroatoms. The maximum Gasteiger partial charge on any atom is 0.241 e. The number of aromatic nitrogens is 1. The molecule has 142 valence electrons. The molecule has 1 fully saturated rings. The summed E-state index contributed by atoms with van der Waals surface area (Å²) in [5.41, 5.74) is 0.956. The van der Waals surface area contributed by atoms with Gasteiger partial charge in [0.25, 0.3) is 0 Å². The maximum atomic E-state index is 12.0. The number of pyridine rings is 1. The van der Waals surface area contributed by atoms with E-state index in [4.69, 9.17) is 0 Å². The molecule has 1 aliphatic rings. The molecule has 2 amide bonds. The molecular formula is C16H26Cl2N4O2S. The van der Waals surface area contributed by atoms with Gasteiger partial charge < -0.3 is 15.5 Å². The Hall–Kier alpha value is -1.02. The lowest BCUT2D eigenvalue weighted by Gasteiger charge is -2.22. The third-order valence-electron chi connectivity index (χ3n) is 3.72. The lowest BCUT2D eigenvalue weighted by molar-refractivity contribution is -0.131. The van der Waals surface area contributed by atoms with Crippen LogP contribution in [0.25, 0.3) is 0 Å². The number of amides is 2. The first kappa shape index (κ1) is 24.0. The zero-order valence-electron chi connectivity index (χ0n) is 14.3. The van der Waals surface area contributed by atoms with Gasteiger partial charge in [0.1, 0.15) is 0 Å². The highest BCUT2D eigenvalue weighted by molar-refractivity contribution is 7.99. The van der Waals surface area contributed by atoms with Gasteiger partial charge in [-0.3, -0.25) is 14.6 Å². The number of hydrogen-bond acceptors (Lipinski definition) is 5. The topological polar surface area (TPSA) is 74.3 Å². The Balaban J connectivity index is 0.00000288. The van der Waals surface area contributed by atoms with Gasteiger partial charge in [-0.15, -0.1) is 24.8 Å². The smallest absolute Gasteiger partial charge is 0.241 e. The number of rotatable bonds is 7. The van der Waals surface area contributed by atoms with Gasteiger partial charge in [0, 0.05) is 62.4 Å². The molecule has 2 N–H and O–H groups in total. The molecule has 1 aliphatic heterocycles. The van der Waals surface area contributed by atoms with E-state index in [0.717, 1.165) is 23.7 Å². The monoisotopic (exact) mass is 408 g/mol. The molecule has 0 spiro atoms. The molecule has 1 aromatic rings. The number of thioether (sulfide) groups is 1. The van der Waals surface area contributed by atoms with Crippen molar-refractivity contribution in [3.63, 3.8) is 0 Å². The van der Waals surface area contributed by atoms with E-state index in [1.807, 2.05) is 30.0 Å². The summed E-state index contributed by atoms with van der Waals surface area (Å²) < 4.78 is 0. The van der Waals surface area contributed by atoms with Crippen molar-refractivity contribution >= 4 is 48.4 Å². The van der Waals surface area contributed by atoms with Crippen LogP contribution < -0.4 is 10.6 Å². The number of carbonyl (C=O) groups excluding carboxylic acids is 2. The highest BCUT2D eigenvalue weighted by Crippen LogP contribution is 2.09. The molecule has 0 aliphatic carbocycles. The van der Waals surface area contributed by atoms with Crippen molar-refractivity contribution in [2.24, 2.45) is 0 Å². The lowest BCUT2D eigenvalue weighted by Crippen LogP contribution is -2.43. The maximum absolute atomic E-state index is 12.0. The summed E-state index contributed by atoms with van der Waals surface area (Å²) in [5.74, 6) is 1.89. The first-order chi connectivity index (χ1) is 11.1. The fraction of sp³-hybridized carbons (Fsp3) is 0.562. The lowest BCUT2D eigenvalue weighted by atomic mass is 10.2. The summed E-state index contributed by atoms with van der Waals surface area (Å²) in [6, 6.07) is 5.95. The van der Waals surface area contributed by atoms with Crippen molar-refractivity contribution in [3.8, 4) is 0 Å². The predicted molar refractivity (Wildman–Crippen MR) is 107 cm³/mol. The molecule has 6 nitrogen and oxygen atoms in total. The minimum Gasteiger partial charge on any atom is -0.347 e. The first-order valence-electron chi connectivity index (χ1n) is 7.87. The molecule has 0 radical (unpaired) electrons. The van der Waals surface area contributed by atoms with Crippen LogP contribution in [-0.4, -0.2) is 65.9 Å². The quantitative estimate of drug-likeness (QED) is 0.707. The van der Waals surface area contributed by atoms with Crippen LogP contribution in [0.4, 0.5) is 0 Å². The van der Waals surface area contributed by atoms with Crippen molar-refractivity contribution in [3.05, 3.63) is 30.1 Å². The molecule has 0 saturated carbocycles. The molecule has 2 heterocycles. The SMILES string of the molecule is CN(CCc1ccccn1)C(=O)CNC(=O)CC1CSCCN1.Cl.Cl. The van der Waals surface area contributed by atoms with Gasteiger partial charge in [0.05, 0.1) is 6.54 Å². The van der Waals surface area contributed by atoms with Crippen molar-refractivity contribution in [2.45, 2.75) is 18.9 Å². The highest BCUT2D eigenvalue weighted by Gasteiger charge is 2.17. The summed E-state index contributed by atoms with van der Waals surface area (Å²) >= 11 is 1.86. The molecule has 1 atom stereocenters. The van der Waals surface area contributed by atoms with Crippen LogP contribution in [0.15, 0.2) is 24.4 Å². The van der Waals surface area contributed by atoms with E-state index in [-0.39, 0.29) is 49.2 Å². The minimum absolute atomic E-state index is 0. The van der Waals surface area contributed by atoms with Crippen molar-refractivity contribution in [1.29, 1.82) is 0 Å². The Morgan fingerprint density at radius 3 is 2.84 bits per heavy atom. The van der Waals surface area contributed by atoms with Gasteiger partial charge in [-0.05, 0) is 12.1 Å². The van der Waals surface area contributed by atoms with Gasteiger partial charge in [-0.25, -0.2) is 0 Å². The number of likely N-dealkylation sites (N-methyl/N-ethyl adjacent to an activating group) is 1. The number of carbonyl (C=O) groups is 2. The van der Waals surface area contributed by atoms with E-state index < -0.39 is 0 Å². The van der Waals surface area contributed by atoms with Gasteiger partial charge in [-0.2, -0.15) is 11.8 Å². The largest absolute Gasteiger partial charge is 0.347 e. The average molecular weight is 409 g/mol. The second-order valence-corrected chi connectivity index (χ2v) is 6.74. The highest BCUT2D eigenvalue weighted by atomic mass is 35.5. The van der Waals surface area contributed by atoms with Gasteiger partial charge >= 0.3 is 0 Å². The summed E-state index contributed by atoms with van der Waals surface area (Å²) in [7, 11) is 1.75. The minimum atomic E-state index is -0.0831.